The molecule has 0 amide bonds. The number of rotatable bonds is 8. The highest BCUT2D eigenvalue weighted by Gasteiger charge is 2.22. The SMILES string of the molecule is CCON=C(CC1CCCCC1)C(=O)c1ccc(Sc2ccccc2)cc1. The number of hydrogen-bond acceptors (Lipinski definition) is 4. The molecule has 1 aliphatic carbocycles. The van der Waals surface area contributed by atoms with Crippen molar-refractivity contribution < 1.29 is 9.63 Å². The standard InChI is InChI=1S/C23H27NO2S/c1-2-26-24-22(17-18-9-5-3-6-10-18)23(25)19-13-15-21(16-14-19)27-20-11-7-4-8-12-20/h4,7-8,11-16,18H,2-3,5-6,9-10,17H2,1H3. The third-order valence-electron chi connectivity index (χ3n) is 4.87. The lowest BCUT2D eigenvalue weighted by molar-refractivity contribution is 0.104. The average molecular weight is 382 g/mol. The molecule has 0 atom stereocenters. The van der Waals surface area contributed by atoms with Crippen LogP contribution in [0.1, 0.15) is 55.8 Å². The van der Waals surface area contributed by atoms with Crippen LogP contribution >= 0.6 is 11.8 Å². The van der Waals surface area contributed by atoms with Crippen molar-refractivity contribution in [2.24, 2.45) is 11.1 Å². The van der Waals surface area contributed by atoms with Crippen molar-refractivity contribution in [2.75, 3.05) is 6.61 Å². The molecule has 0 radical (unpaired) electrons. The summed E-state index contributed by atoms with van der Waals surface area (Å²) in [5.41, 5.74) is 1.24. The Hall–Kier alpha value is -2.07. The predicted octanol–water partition coefficient (Wildman–Crippen LogP) is 6.38. The topological polar surface area (TPSA) is 38.7 Å². The maximum Gasteiger partial charge on any atom is 0.210 e. The summed E-state index contributed by atoms with van der Waals surface area (Å²) in [7, 11) is 0. The van der Waals surface area contributed by atoms with E-state index < -0.39 is 0 Å². The van der Waals surface area contributed by atoms with E-state index in [2.05, 4.69) is 17.3 Å². The van der Waals surface area contributed by atoms with Crippen LogP contribution in [0.25, 0.3) is 0 Å². The molecule has 0 aliphatic heterocycles. The quantitative estimate of drug-likeness (QED) is 0.302. The fraction of sp³-hybridized carbons (Fsp3) is 0.391. The Balaban J connectivity index is 1.69. The summed E-state index contributed by atoms with van der Waals surface area (Å²) in [6, 6.07) is 18.0. The van der Waals surface area contributed by atoms with Gasteiger partial charge in [-0.1, -0.05) is 67.2 Å². The van der Waals surface area contributed by atoms with E-state index in [1.54, 1.807) is 11.8 Å². The van der Waals surface area contributed by atoms with Crippen LogP contribution in [-0.4, -0.2) is 18.1 Å². The number of oxime groups is 1. The first-order valence-electron chi connectivity index (χ1n) is 9.82. The molecule has 142 valence electrons. The number of hydrogen-bond donors (Lipinski definition) is 0. The minimum atomic E-state index is -0.00900. The van der Waals surface area contributed by atoms with Crippen LogP contribution in [0, 0.1) is 5.92 Å². The molecule has 1 fully saturated rings. The second-order valence-corrected chi connectivity index (χ2v) is 8.08. The maximum atomic E-state index is 13.0. The van der Waals surface area contributed by atoms with Crippen LogP contribution < -0.4 is 0 Å². The highest BCUT2D eigenvalue weighted by Crippen LogP contribution is 2.29. The summed E-state index contributed by atoms with van der Waals surface area (Å²) < 4.78 is 0. The van der Waals surface area contributed by atoms with E-state index in [1.807, 2.05) is 49.4 Å². The second kappa shape index (κ2) is 10.3. The van der Waals surface area contributed by atoms with Gasteiger partial charge in [-0.3, -0.25) is 4.79 Å². The van der Waals surface area contributed by atoms with Gasteiger partial charge < -0.3 is 4.84 Å². The molecule has 0 unspecified atom stereocenters. The molecule has 3 nitrogen and oxygen atoms in total. The van der Waals surface area contributed by atoms with E-state index in [4.69, 9.17) is 4.84 Å². The number of ketones is 1. The largest absolute Gasteiger partial charge is 0.396 e. The molecule has 2 aromatic rings. The first kappa shape index (κ1) is 19.7. The highest BCUT2D eigenvalue weighted by atomic mass is 32.2. The first-order chi connectivity index (χ1) is 13.3. The van der Waals surface area contributed by atoms with Gasteiger partial charge >= 0.3 is 0 Å². The lowest BCUT2D eigenvalue weighted by atomic mass is 9.84. The first-order valence-corrected chi connectivity index (χ1v) is 10.6. The van der Waals surface area contributed by atoms with Crippen molar-refractivity contribution in [3.05, 3.63) is 60.2 Å². The zero-order chi connectivity index (χ0) is 18.9. The Morgan fingerprint density at radius 3 is 2.33 bits per heavy atom. The summed E-state index contributed by atoms with van der Waals surface area (Å²) in [5.74, 6) is 0.542. The Bertz CT molecular complexity index is 750. The molecular formula is C23H27NO2S. The van der Waals surface area contributed by atoms with E-state index in [0.29, 0.717) is 23.8 Å². The van der Waals surface area contributed by atoms with Gasteiger partial charge in [-0.2, -0.15) is 0 Å². The Morgan fingerprint density at radius 2 is 1.67 bits per heavy atom. The number of carbonyl (C=O) groups excluding carboxylic acids is 1. The lowest BCUT2D eigenvalue weighted by Gasteiger charge is -2.21. The number of nitrogens with zero attached hydrogens (tertiary/aromatic N) is 1. The van der Waals surface area contributed by atoms with Crippen LogP contribution in [0.4, 0.5) is 0 Å². The van der Waals surface area contributed by atoms with E-state index in [9.17, 15) is 4.79 Å². The molecule has 2 aromatic carbocycles. The van der Waals surface area contributed by atoms with Gasteiger partial charge in [0.15, 0.2) is 0 Å². The summed E-state index contributed by atoms with van der Waals surface area (Å²) in [4.78, 5) is 20.5. The predicted molar refractivity (Wildman–Crippen MR) is 112 cm³/mol. The molecule has 0 aromatic heterocycles. The van der Waals surface area contributed by atoms with Gasteiger partial charge in [0.2, 0.25) is 5.78 Å². The molecule has 0 N–H and O–H groups in total. The average Bonchev–Trinajstić information content (AvgIpc) is 2.73. The number of Topliss-reactive ketones (excluding diaryl/α,β-unsaturated/α-hetero) is 1. The van der Waals surface area contributed by atoms with Gasteiger partial charge in [0, 0.05) is 15.4 Å². The summed E-state index contributed by atoms with van der Waals surface area (Å²) in [5, 5.41) is 4.16. The highest BCUT2D eigenvalue weighted by molar-refractivity contribution is 7.99. The fourth-order valence-corrected chi connectivity index (χ4v) is 4.28. The van der Waals surface area contributed by atoms with E-state index >= 15 is 0 Å². The van der Waals surface area contributed by atoms with Crippen LogP contribution in [-0.2, 0) is 4.84 Å². The van der Waals surface area contributed by atoms with E-state index in [-0.39, 0.29) is 5.78 Å². The minimum absolute atomic E-state index is 0.00900. The molecule has 3 rings (SSSR count). The van der Waals surface area contributed by atoms with Crippen LogP contribution in [0.3, 0.4) is 0 Å². The number of carbonyl (C=O) groups is 1. The van der Waals surface area contributed by atoms with Crippen molar-refractivity contribution in [3.8, 4) is 0 Å². The Morgan fingerprint density at radius 1 is 1.00 bits per heavy atom. The summed E-state index contributed by atoms with van der Waals surface area (Å²) >= 11 is 1.69. The van der Waals surface area contributed by atoms with Crippen molar-refractivity contribution in [1.82, 2.24) is 0 Å². The molecule has 1 saturated carbocycles. The second-order valence-electron chi connectivity index (χ2n) is 6.93. The third kappa shape index (κ3) is 5.96. The fourth-order valence-electron chi connectivity index (χ4n) is 3.44. The summed E-state index contributed by atoms with van der Waals surface area (Å²) in [6.45, 7) is 2.37. The lowest BCUT2D eigenvalue weighted by Crippen LogP contribution is -2.20. The smallest absolute Gasteiger partial charge is 0.210 e. The van der Waals surface area contributed by atoms with Gasteiger partial charge in [0.25, 0.3) is 0 Å². The normalized spacial score (nSPS) is 15.5. The van der Waals surface area contributed by atoms with Crippen molar-refractivity contribution in [1.29, 1.82) is 0 Å². The minimum Gasteiger partial charge on any atom is -0.396 e. The van der Waals surface area contributed by atoms with Gasteiger partial charge in [-0.05, 0) is 55.7 Å². The van der Waals surface area contributed by atoms with Gasteiger partial charge in [0.05, 0.1) is 0 Å². The van der Waals surface area contributed by atoms with Crippen molar-refractivity contribution >= 4 is 23.3 Å². The molecule has 0 bridgehead atoms. The molecule has 0 heterocycles. The zero-order valence-corrected chi connectivity index (χ0v) is 16.7. The Labute approximate surface area is 166 Å². The van der Waals surface area contributed by atoms with Crippen LogP contribution in [0.15, 0.2) is 69.5 Å². The van der Waals surface area contributed by atoms with Crippen molar-refractivity contribution in [2.45, 2.75) is 55.2 Å². The van der Waals surface area contributed by atoms with E-state index in [1.165, 1.54) is 37.0 Å². The molecule has 4 heteroatoms. The van der Waals surface area contributed by atoms with E-state index in [0.717, 1.165) is 11.3 Å². The monoisotopic (exact) mass is 381 g/mol. The molecule has 0 saturated heterocycles. The van der Waals surface area contributed by atoms with Crippen LogP contribution in [0.5, 0.6) is 0 Å². The van der Waals surface area contributed by atoms with Gasteiger partial charge in [-0.15, -0.1) is 0 Å². The summed E-state index contributed by atoms with van der Waals surface area (Å²) in [6.07, 6.45) is 6.91. The number of benzene rings is 2. The van der Waals surface area contributed by atoms with Gasteiger partial charge in [-0.25, -0.2) is 0 Å². The van der Waals surface area contributed by atoms with Crippen molar-refractivity contribution in [3.63, 3.8) is 0 Å². The van der Waals surface area contributed by atoms with Crippen LogP contribution in [0.2, 0.25) is 0 Å². The molecule has 27 heavy (non-hydrogen) atoms. The Kier molecular flexibility index (Phi) is 7.52. The van der Waals surface area contributed by atoms with Gasteiger partial charge in [0.1, 0.15) is 12.3 Å². The molecule has 0 spiro atoms. The zero-order valence-electron chi connectivity index (χ0n) is 15.9. The molecule has 1 aliphatic rings. The molecular weight excluding hydrogens is 354 g/mol. The third-order valence-corrected chi connectivity index (χ3v) is 5.88. The maximum absolute atomic E-state index is 13.0.